The Morgan fingerprint density at radius 1 is 1.26 bits per heavy atom. The number of halogens is 1. The summed E-state index contributed by atoms with van der Waals surface area (Å²) in [7, 11) is 0. The molecule has 178 valence electrons. The molecule has 4 heterocycles. The Morgan fingerprint density at radius 2 is 2.06 bits per heavy atom. The number of nitrogens with one attached hydrogen (secondary N) is 1. The first-order valence-corrected chi connectivity index (χ1v) is 12.5. The highest BCUT2D eigenvalue weighted by atomic mass is 35.5. The average Bonchev–Trinajstić information content (AvgIpc) is 3.52. The second-order valence-corrected chi connectivity index (χ2v) is 10.8. The Morgan fingerprint density at radius 3 is 2.76 bits per heavy atom. The molecule has 4 aromatic heterocycles. The van der Waals surface area contributed by atoms with E-state index in [9.17, 15) is 9.90 Å². The van der Waals surface area contributed by atoms with E-state index in [0.717, 1.165) is 23.3 Å². The van der Waals surface area contributed by atoms with Gasteiger partial charge in [-0.2, -0.15) is 10.2 Å². The van der Waals surface area contributed by atoms with E-state index in [2.05, 4.69) is 38.9 Å². The molecule has 1 saturated carbocycles. The molecule has 0 bridgehead atoms. The second kappa shape index (κ2) is 9.44. The molecule has 1 aliphatic rings. The molecule has 5 rings (SSSR count). The van der Waals surface area contributed by atoms with Gasteiger partial charge in [0.1, 0.15) is 11.3 Å². The first-order valence-electron chi connectivity index (χ1n) is 11.3. The minimum Gasteiger partial charge on any atom is -0.393 e. The maximum Gasteiger partial charge on any atom is 0.261 e. The van der Waals surface area contributed by atoms with Gasteiger partial charge < -0.3 is 15.0 Å². The molecule has 9 nitrogen and oxygen atoms in total. The van der Waals surface area contributed by atoms with Crippen molar-refractivity contribution in [2.24, 2.45) is 5.92 Å². The molecular formula is C23H26ClN7O2S. The van der Waals surface area contributed by atoms with Gasteiger partial charge in [-0.15, -0.1) is 16.1 Å². The third-order valence-corrected chi connectivity index (χ3v) is 7.23. The number of pyridine rings is 1. The highest BCUT2D eigenvalue weighted by Gasteiger charge is 2.32. The van der Waals surface area contributed by atoms with Crippen LogP contribution in [0.1, 0.15) is 54.6 Å². The van der Waals surface area contributed by atoms with Crippen LogP contribution >= 0.6 is 22.9 Å². The zero-order valence-electron chi connectivity index (χ0n) is 18.9. The Balaban J connectivity index is 1.49. The fourth-order valence-corrected chi connectivity index (χ4v) is 5.63. The van der Waals surface area contributed by atoms with Gasteiger partial charge in [-0.05, 0) is 37.3 Å². The van der Waals surface area contributed by atoms with Gasteiger partial charge in [0.15, 0.2) is 5.82 Å². The zero-order chi connectivity index (χ0) is 23.8. The average molecular weight is 500 g/mol. The molecule has 0 radical (unpaired) electrons. The van der Waals surface area contributed by atoms with Crippen molar-refractivity contribution < 1.29 is 9.90 Å². The molecule has 1 fully saturated rings. The van der Waals surface area contributed by atoms with E-state index in [1.807, 2.05) is 6.07 Å². The van der Waals surface area contributed by atoms with E-state index in [0.29, 0.717) is 40.2 Å². The third kappa shape index (κ3) is 4.70. The predicted octanol–water partition coefficient (Wildman–Crippen LogP) is 3.81. The number of hydrogen-bond acceptors (Lipinski definition) is 7. The SMILES string of the molecule is CC(C)Cc1nc2cnc(-n3nccn3)cc2n1[C@H]1C[C@H](O)C[C@@H](NC(=O)c2ccc(Cl)s2)C1. The van der Waals surface area contributed by atoms with E-state index < -0.39 is 6.10 Å². The van der Waals surface area contributed by atoms with Gasteiger partial charge >= 0.3 is 0 Å². The first kappa shape index (κ1) is 22.9. The maximum atomic E-state index is 12.7. The number of amides is 1. The summed E-state index contributed by atoms with van der Waals surface area (Å²) in [6.07, 6.45) is 7.01. The molecule has 0 aromatic carbocycles. The smallest absolute Gasteiger partial charge is 0.261 e. The summed E-state index contributed by atoms with van der Waals surface area (Å²) in [6.45, 7) is 4.32. The summed E-state index contributed by atoms with van der Waals surface area (Å²) < 4.78 is 2.79. The summed E-state index contributed by atoms with van der Waals surface area (Å²) in [5.74, 6) is 1.80. The number of imidazole rings is 1. The molecular weight excluding hydrogens is 474 g/mol. The molecule has 0 aliphatic heterocycles. The Hall–Kier alpha value is -2.82. The van der Waals surface area contributed by atoms with Crippen LogP contribution in [0.15, 0.2) is 36.8 Å². The van der Waals surface area contributed by atoms with Crippen molar-refractivity contribution in [1.29, 1.82) is 0 Å². The Labute approximate surface area is 205 Å². The lowest BCUT2D eigenvalue weighted by Gasteiger charge is -2.35. The normalized spacial score (nSPS) is 20.8. The van der Waals surface area contributed by atoms with Gasteiger partial charge in [-0.1, -0.05) is 25.4 Å². The number of aromatic nitrogens is 6. The quantitative estimate of drug-likeness (QED) is 0.417. The summed E-state index contributed by atoms with van der Waals surface area (Å²) >= 11 is 7.25. The molecule has 34 heavy (non-hydrogen) atoms. The van der Waals surface area contributed by atoms with E-state index >= 15 is 0 Å². The van der Waals surface area contributed by atoms with E-state index in [-0.39, 0.29) is 18.0 Å². The van der Waals surface area contributed by atoms with Crippen LogP contribution in [-0.4, -0.2) is 52.7 Å². The largest absolute Gasteiger partial charge is 0.393 e. The minimum absolute atomic E-state index is 0.0273. The summed E-state index contributed by atoms with van der Waals surface area (Å²) in [5, 5.41) is 22.2. The van der Waals surface area contributed by atoms with Crippen molar-refractivity contribution in [3.8, 4) is 5.82 Å². The topological polar surface area (TPSA) is 111 Å². The first-order chi connectivity index (χ1) is 16.4. The lowest BCUT2D eigenvalue weighted by Crippen LogP contribution is -2.43. The molecule has 0 unspecified atom stereocenters. The van der Waals surface area contributed by atoms with Gasteiger partial charge in [0.05, 0.1) is 39.4 Å². The fraction of sp³-hybridized carbons (Fsp3) is 0.435. The van der Waals surface area contributed by atoms with Crippen molar-refractivity contribution in [2.45, 2.75) is 57.7 Å². The van der Waals surface area contributed by atoms with Crippen LogP contribution in [0.4, 0.5) is 0 Å². The van der Waals surface area contributed by atoms with Crippen LogP contribution in [0.25, 0.3) is 16.9 Å². The fourth-order valence-electron chi connectivity index (χ4n) is 4.68. The number of carbonyl (C=O) groups is 1. The molecule has 0 saturated heterocycles. The second-order valence-electron chi connectivity index (χ2n) is 9.13. The molecule has 1 aliphatic carbocycles. The lowest BCUT2D eigenvalue weighted by atomic mass is 9.88. The predicted molar refractivity (Wildman–Crippen MR) is 130 cm³/mol. The van der Waals surface area contributed by atoms with Crippen LogP contribution in [-0.2, 0) is 6.42 Å². The van der Waals surface area contributed by atoms with Crippen LogP contribution in [0.5, 0.6) is 0 Å². The molecule has 11 heteroatoms. The lowest BCUT2D eigenvalue weighted by molar-refractivity contribution is 0.0742. The van der Waals surface area contributed by atoms with Crippen molar-refractivity contribution >= 4 is 39.9 Å². The third-order valence-electron chi connectivity index (χ3n) is 6.00. The minimum atomic E-state index is -0.533. The maximum absolute atomic E-state index is 12.7. The molecule has 3 atom stereocenters. The Kier molecular flexibility index (Phi) is 6.37. The molecule has 1 amide bonds. The van der Waals surface area contributed by atoms with Gasteiger partial charge in [-0.25, -0.2) is 9.97 Å². The molecule has 0 spiro atoms. The number of carbonyl (C=O) groups excluding carboxylic acids is 1. The number of aliphatic hydroxyl groups is 1. The zero-order valence-corrected chi connectivity index (χ0v) is 20.5. The standard InChI is InChI=1S/C23H26ClN7O2S/c1-13(2)7-22-29-17-12-25-21(31-26-5-6-27-31)11-18(17)30(22)15-8-14(9-16(32)10-15)28-23(33)19-3-4-20(24)34-19/h3-6,11-16,32H,7-10H2,1-2H3,(H,28,33)/t14-,15+,16+/m0/s1. The highest BCUT2D eigenvalue weighted by Crippen LogP contribution is 2.34. The number of fused-ring (bicyclic) bond motifs is 1. The van der Waals surface area contributed by atoms with E-state index in [1.54, 1.807) is 30.7 Å². The Bertz CT molecular complexity index is 1300. The van der Waals surface area contributed by atoms with Gasteiger partial charge in [0, 0.05) is 24.6 Å². The van der Waals surface area contributed by atoms with Gasteiger partial charge in [0.2, 0.25) is 0 Å². The number of hydrogen-bond donors (Lipinski definition) is 2. The summed E-state index contributed by atoms with van der Waals surface area (Å²) in [5.41, 5.74) is 1.72. The van der Waals surface area contributed by atoms with E-state index in [1.165, 1.54) is 16.1 Å². The van der Waals surface area contributed by atoms with Crippen LogP contribution in [0, 0.1) is 5.92 Å². The van der Waals surface area contributed by atoms with Crippen molar-refractivity contribution in [3.05, 3.63) is 51.8 Å². The monoisotopic (exact) mass is 499 g/mol. The van der Waals surface area contributed by atoms with Crippen LogP contribution in [0.3, 0.4) is 0 Å². The van der Waals surface area contributed by atoms with Crippen LogP contribution in [0.2, 0.25) is 4.34 Å². The number of thiophene rings is 1. The van der Waals surface area contributed by atoms with Gasteiger partial charge in [-0.3, -0.25) is 4.79 Å². The summed E-state index contributed by atoms with van der Waals surface area (Å²) in [4.78, 5) is 24.1. The van der Waals surface area contributed by atoms with Crippen molar-refractivity contribution in [3.63, 3.8) is 0 Å². The van der Waals surface area contributed by atoms with Crippen molar-refractivity contribution in [1.82, 2.24) is 34.8 Å². The highest BCUT2D eigenvalue weighted by molar-refractivity contribution is 7.18. The van der Waals surface area contributed by atoms with E-state index in [4.69, 9.17) is 16.6 Å². The molecule has 4 aromatic rings. The van der Waals surface area contributed by atoms with Crippen molar-refractivity contribution in [2.75, 3.05) is 0 Å². The number of rotatable bonds is 6. The number of aliphatic hydroxyl groups excluding tert-OH is 1. The van der Waals surface area contributed by atoms with Gasteiger partial charge in [0.25, 0.3) is 5.91 Å². The number of nitrogens with zero attached hydrogens (tertiary/aromatic N) is 6. The molecule has 2 N–H and O–H groups in total. The summed E-state index contributed by atoms with van der Waals surface area (Å²) in [6, 6.07) is 5.19. The van der Waals surface area contributed by atoms with Crippen LogP contribution < -0.4 is 5.32 Å².